The molecule has 6 heteroatoms. The molecule has 0 atom stereocenters. The maximum atomic E-state index is 12.9. The number of aromatic nitrogens is 1. The van der Waals surface area contributed by atoms with Gasteiger partial charge in [0.25, 0.3) is 0 Å². The zero-order chi connectivity index (χ0) is 12.3. The van der Waals surface area contributed by atoms with Crippen molar-refractivity contribution in [1.82, 2.24) is 4.98 Å². The number of hydrazone groups is 1. The number of nitrogens with zero attached hydrogens (tertiary/aromatic N) is 2. The monoisotopic (exact) mass is 269 g/mol. The minimum atomic E-state index is -0.438. The lowest BCUT2D eigenvalue weighted by Gasteiger charge is -1.96. The number of thiazole rings is 1. The summed E-state index contributed by atoms with van der Waals surface area (Å²) in [5.74, 6) is -0.438. The summed E-state index contributed by atoms with van der Waals surface area (Å²) in [6.07, 6.45) is 1.56. The number of anilines is 1. The first-order chi connectivity index (χ1) is 8.15. The van der Waals surface area contributed by atoms with Gasteiger partial charge in [0.1, 0.15) is 5.82 Å². The number of halogens is 2. The lowest BCUT2D eigenvalue weighted by atomic mass is 10.2. The van der Waals surface area contributed by atoms with Gasteiger partial charge in [-0.1, -0.05) is 17.7 Å². The Kier molecular flexibility index (Phi) is 3.71. The van der Waals surface area contributed by atoms with Crippen molar-refractivity contribution >= 4 is 34.3 Å². The van der Waals surface area contributed by atoms with Gasteiger partial charge in [-0.25, -0.2) is 9.37 Å². The average molecular weight is 270 g/mol. The Morgan fingerprint density at radius 1 is 1.53 bits per heavy atom. The summed E-state index contributed by atoms with van der Waals surface area (Å²) in [5.41, 5.74) is 4.45. The summed E-state index contributed by atoms with van der Waals surface area (Å²) in [6.45, 7) is 1.91. The molecule has 17 heavy (non-hydrogen) atoms. The fraction of sp³-hybridized carbons (Fsp3) is 0.0909. The topological polar surface area (TPSA) is 37.3 Å². The van der Waals surface area contributed by atoms with Crippen LogP contribution in [-0.2, 0) is 0 Å². The van der Waals surface area contributed by atoms with Crippen LogP contribution in [0.3, 0.4) is 0 Å². The van der Waals surface area contributed by atoms with E-state index in [1.807, 2.05) is 12.3 Å². The minimum absolute atomic E-state index is 0.0824. The Morgan fingerprint density at radius 3 is 3.00 bits per heavy atom. The smallest absolute Gasteiger partial charge is 0.203 e. The van der Waals surface area contributed by atoms with Crippen LogP contribution in [-0.4, -0.2) is 11.2 Å². The van der Waals surface area contributed by atoms with E-state index in [1.165, 1.54) is 23.5 Å². The van der Waals surface area contributed by atoms with E-state index in [0.29, 0.717) is 5.13 Å². The van der Waals surface area contributed by atoms with Crippen molar-refractivity contribution in [3.8, 4) is 0 Å². The fourth-order valence-corrected chi connectivity index (χ4v) is 1.99. The molecule has 3 nitrogen and oxygen atoms in total. The van der Waals surface area contributed by atoms with Gasteiger partial charge in [-0.05, 0) is 24.6 Å². The van der Waals surface area contributed by atoms with E-state index in [1.54, 1.807) is 12.3 Å². The SMILES string of the molecule is Cc1csc(NN=Cc2ccc(F)c(Cl)c2)n1. The molecule has 0 radical (unpaired) electrons. The van der Waals surface area contributed by atoms with Gasteiger partial charge in [0.05, 0.1) is 16.9 Å². The van der Waals surface area contributed by atoms with Gasteiger partial charge in [-0.2, -0.15) is 5.10 Å². The van der Waals surface area contributed by atoms with Crippen molar-refractivity contribution in [1.29, 1.82) is 0 Å². The van der Waals surface area contributed by atoms with Crippen LogP contribution in [0.25, 0.3) is 0 Å². The third-order valence-electron chi connectivity index (χ3n) is 1.94. The Bertz CT molecular complexity index is 553. The number of hydrogen-bond acceptors (Lipinski definition) is 4. The van der Waals surface area contributed by atoms with Gasteiger partial charge < -0.3 is 0 Å². The summed E-state index contributed by atoms with van der Waals surface area (Å²) in [6, 6.07) is 4.41. The maximum absolute atomic E-state index is 12.9. The van der Waals surface area contributed by atoms with Crippen LogP contribution in [0.5, 0.6) is 0 Å². The first-order valence-electron chi connectivity index (χ1n) is 4.81. The van der Waals surface area contributed by atoms with Crippen molar-refractivity contribution < 1.29 is 4.39 Å². The highest BCUT2D eigenvalue weighted by Crippen LogP contribution is 2.16. The molecule has 0 aliphatic heterocycles. The lowest BCUT2D eigenvalue weighted by Crippen LogP contribution is -1.90. The summed E-state index contributed by atoms with van der Waals surface area (Å²) >= 11 is 7.11. The normalized spacial score (nSPS) is 11.0. The molecular weight excluding hydrogens is 261 g/mol. The highest BCUT2D eigenvalue weighted by molar-refractivity contribution is 7.13. The van der Waals surface area contributed by atoms with Crippen molar-refractivity contribution in [2.24, 2.45) is 5.10 Å². The van der Waals surface area contributed by atoms with Crippen LogP contribution in [0, 0.1) is 12.7 Å². The van der Waals surface area contributed by atoms with Crippen LogP contribution in [0.2, 0.25) is 5.02 Å². The first-order valence-corrected chi connectivity index (χ1v) is 6.07. The molecule has 0 amide bonds. The molecule has 0 saturated carbocycles. The lowest BCUT2D eigenvalue weighted by molar-refractivity contribution is 0.628. The molecule has 0 bridgehead atoms. The standard InChI is InChI=1S/C11H9ClFN3S/c1-7-6-17-11(15-7)16-14-5-8-2-3-10(13)9(12)4-8/h2-6H,1H3,(H,15,16). The largest absolute Gasteiger partial charge is 0.253 e. The molecule has 1 N–H and O–H groups in total. The number of rotatable bonds is 3. The highest BCUT2D eigenvalue weighted by atomic mass is 35.5. The third-order valence-corrected chi connectivity index (χ3v) is 3.09. The summed E-state index contributed by atoms with van der Waals surface area (Å²) in [7, 11) is 0. The van der Waals surface area contributed by atoms with Gasteiger partial charge in [0, 0.05) is 5.38 Å². The van der Waals surface area contributed by atoms with E-state index in [9.17, 15) is 4.39 Å². The van der Waals surface area contributed by atoms with Crippen LogP contribution >= 0.6 is 22.9 Å². The van der Waals surface area contributed by atoms with Crippen molar-refractivity contribution in [2.75, 3.05) is 5.43 Å². The average Bonchev–Trinajstić information content (AvgIpc) is 2.70. The molecule has 1 heterocycles. The number of aryl methyl sites for hydroxylation is 1. The van der Waals surface area contributed by atoms with E-state index in [-0.39, 0.29) is 5.02 Å². The maximum Gasteiger partial charge on any atom is 0.203 e. The van der Waals surface area contributed by atoms with Gasteiger partial charge in [-0.3, -0.25) is 5.43 Å². The van der Waals surface area contributed by atoms with Gasteiger partial charge >= 0.3 is 0 Å². The summed E-state index contributed by atoms with van der Waals surface area (Å²) in [4.78, 5) is 4.18. The van der Waals surface area contributed by atoms with E-state index < -0.39 is 5.82 Å². The second-order valence-electron chi connectivity index (χ2n) is 3.34. The molecule has 0 aliphatic rings. The Hall–Kier alpha value is -1.46. The second kappa shape index (κ2) is 5.25. The molecule has 0 unspecified atom stereocenters. The molecular formula is C11H9ClFN3S. The number of nitrogens with one attached hydrogen (secondary N) is 1. The van der Waals surface area contributed by atoms with Gasteiger partial charge in [0.2, 0.25) is 5.13 Å². The van der Waals surface area contributed by atoms with Crippen molar-refractivity contribution in [3.63, 3.8) is 0 Å². The van der Waals surface area contributed by atoms with E-state index in [4.69, 9.17) is 11.6 Å². The molecule has 2 rings (SSSR count). The van der Waals surface area contributed by atoms with Crippen molar-refractivity contribution in [3.05, 3.63) is 45.7 Å². The molecule has 1 aromatic carbocycles. The van der Waals surface area contributed by atoms with Crippen LogP contribution < -0.4 is 5.43 Å². The molecule has 0 aliphatic carbocycles. The second-order valence-corrected chi connectivity index (χ2v) is 4.60. The third kappa shape index (κ3) is 3.25. The number of benzene rings is 1. The molecule has 88 valence electrons. The zero-order valence-corrected chi connectivity index (χ0v) is 10.5. The summed E-state index contributed by atoms with van der Waals surface area (Å²) in [5, 5.41) is 6.71. The van der Waals surface area contributed by atoms with Crippen LogP contribution in [0.4, 0.5) is 9.52 Å². The molecule has 0 fully saturated rings. The molecule has 2 aromatic rings. The molecule has 1 aromatic heterocycles. The van der Waals surface area contributed by atoms with Gasteiger partial charge in [-0.15, -0.1) is 11.3 Å². The Balaban J connectivity index is 2.03. The predicted octanol–water partition coefficient (Wildman–Crippen LogP) is 3.69. The predicted molar refractivity (Wildman–Crippen MR) is 69.5 cm³/mol. The van der Waals surface area contributed by atoms with Gasteiger partial charge in [0.15, 0.2) is 0 Å². The van der Waals surface area contributed by atoms with E-state index >= 15 is 0 Å². The highest BCUT2D eigenvalue weighted by Gasteiger charge is 1.99. The number of hydrogen-bond donors (Lipinski definition) is 1. The van der Waals surface area contributed by atoms with Crippen LogP contribution in [0.1, 0.15) is 11.3 Å². The Morgan fingerprint density at radius 2 is 2.35 bits per heavy atom. The quantitative estimate of drug-likeness (QED) is 0.682. The Labute approximate surface area is 107 Å². The zero-order valence-electron chi connectivity index (χ0n) is 8.95. The molecule has 0 saturated heterocycles. The first kappa shape index (κ1) is 12.0. The minimum Gasteiger partial charge on any atom is -0.253 e. The van der Waals surface area contributed by atoms with Crippen LogP contribution in [0.15, 0.2) is 28.7 Å². The summed E-state index contributed by atoms with van der Waals surface area (Å²) < 4.78 is 12.9. The fourth-order valence-electron chi connectivity index (χ4n) is 1.16. The molecule has 0 spiro atoms. The van der Waals surface area contributed by atoms with E-state index in [2.05, 4.69) is 15.5 Å². The van der Waals surface area contributed by atoms with E-state index in [0.717, 1.165) is 11.3 Å². The van der Waals surface area contributed by atoms with Crippen molar-refractivity contribution in [2.45, 2.75) is 6.92 Å².